The molecule has 0 saturated heterocycles. The summed E-state index contributed by atoms with van der Waals surface area (Å²) in [5.74, 6) is 1.28. The number of carbonyl (C=O) groups excluding carboxylic acids is 1. The number of nitriles is 1. The van der Waals surface area contributed by atoms with E-state index in [1.165, 1.54) is 27.5 Å². The van der Waals surface area contributed by atoms with Crippen molar-refractivity contribution < 1.29 is 23.7 Å². The van der Waals surface area contributed by atoms with Crippen molar-refractivity contribution in [3.8, 4) is 29.1 Å². The number of para-hydroxylation sites is 1. The topological polar surface area (TPSA) is 102 Å². The van der Waals surface area contributed by atoms with Gasteiger partial charge in [0.2, 0.25) is 5.75 Å². The third-order valence-corrected chi connectivity index (χ3v) is 3.46. The standard InChI is InChI=1S/C19H19N3O5/c1-24-16-8-13(9-17(25-2)19(16)26-3)11-21-22-18(23)12-27-15-7-5-4-6-14(15)10-20/h4-9,11H,12H2,1-3H3,(H,22,23)/b21-11+. The minimum atomic E-state index is -0.466. The van der Waals surface area contributed by atoms with E-state index >= 15 is 0 Å². The summed E-state index contributed by atoms with van der Waals surface area (Å²) in [6, 6.07) is 12.0. The SMILES string of the molecule is COc1cc(/C=N/NC(=O)COc2ccccc2C#N)cc(OC)c1OC. The van der Waals surface area contributed by atoms with Crippen molar-refractivity contribution in [3.05, 3.63) is 47.5 Å². The molecule has 0 bridgehead atoms. The highest BCUT2D eigenvalue weighted by Crippen LogP contribution is 2.37. The summed E-state index contributed by atoms with van der Waals surface area (Å²) in [5.41, 5.74) is 3.34. The quantitative estimate of drug-likeness (QED) is 0.565. The van der Waals surface area contributed by atoms with Gasteiger partial charge in [0.1, 0.15) is 11.8 Å². The molecule has 8 heteroatoms. The van der Waals surface area contributed by atoms with Crippen LogP contribution in [0.25, 0.3) is 0 Å². The fraction of sp³-hybridized carbons (Fsp3) is 0.211. The van der Waals surface area contributed by atoms with E-state index in [4.69, 9.17) is 24.2 Å². The second-order valence-corrected chi connectivity index (χ2v) is 5.15. The van der Waals surface area contributed by atoms with Crippen LogP contribution in [0.4, 0.5) is 0 Å². The van der Waals surface area contributed by atoms with Crippen LogP contribution in [-0.2, 0) is 4.79 Å². The zero-order valence-electron chi connectivity index (χ0n) is 15.2. The first-order chi connectivity index (χ1) is 13.1. The number of hydrogen-bond donors (Lipinski definition) is 1. The highest BCUT2D eigenvalue weighted by Gasteiger charge is 2.12. The summed E-state index contributed by atoms with van der Waals surface area (Å²) in [4.78, 5) is 11.9. The first kappa shape index (κ1) is 19.6. The van der Waals surface area contributed by atoms with Gasteiger partial charge in [-0.2, -0.15) is 10.4 Å². The van der Waals surface area contributed by atoms with Gasteiger partial charge in [0, 0.05) is 5.56 Å². The van der Waals surface area contributed by atoms with E-state index in [-0.39, 0.29) is 6.61 Å². The van der Waals surface area contributed by atoms with E-state index in [0.717, 1.165) is 0 Å². The molecule has 140 valence electrons. The zero-order valence-corrected chi connectivity index (χ0v) is 15.2. The first-order valence-corrected chi connectivity index (χ1v) is 7.86. The Hall–Kier alpha value is -3.73. The molecule has 27 heavy (non-hydrogen) atoms. The molecule has 0 aliphatic rings. The van der Waals surface area contributed by atoms with Crippen LogP contribution >= 0.6 is 0 Å². The number of carbonyl (C=O) groups is 1. The third-order valence-electron chi connectivity index (χ3n) is 3.46. The van der Waals surface area contributed by atoms with Crippen LogP contribution in [0.2, 0.25) is 0 Å². The molecule has 0 spiro atoms. The van der Waals surface area contributed by atoms with Gasteiger partial charge >= 0.3 is 0 Å². The molecule has 0 saturated carbocycles. The molecule has 2 aromatic rings. The zero-order chi connectivity index (χ0) is 19.6. The first-order valence-electron chi connectivity index (χ1n) is 7.86. The van der Waals surface area contributed by atoms with Gasteiger partial charge in [0.15, 0.2) is 18.1 Å². The van der Waals surface area contributed by atoms with E-state index in [9.17, 15) is 4.79 Å². The van der Waals surface area contributed by atoms with E-state index in [2.05, 4.69) is 10.5 Å². The van der Waals surface area contributed by atoms with Crippen molar-refractivity contribution in [2.24, 2.45) is 5.10 Å². The van der Waals surface area contributed by atoms with Crippen LogP contribution in [0.3, 0.4) is 0 Å². The molecular formula is C19H19N3O5. The predicted octanol–water partition coefficient (Wildman–Crippen LogP) is 2.11. The second kappa shape index (κ2) is 9.68. The van der Waals surface area contributed by atoms with Gasteiger partial charge in [-0.3, -0.25) is 4.79 Å². The number of ether oxygens (including phenoxy) is 4. The van der Waals surface area contributed by atoms with Crippen LogP contribution in [0.5, 0.6) is 23.0 Å². The maximum atomic E-state index is 11.9. The average molecular weight is 369 g/mol. The summed E-state index contributed by atoms with van der Waals surface area (Å²) < 4.78 is 21.1. The molecule has 0 aromatic heterocycles. The lowest BCUT2D eigenvalue weighted by Gasteiger charge is -2.12. The monoisotopic (exact) mass is 369 g/mol. The number of benzene rings is 2. The Morgan fingerprint density at radius 2 is 1.78 bits per heavy atom. The van der Waals surface area contributed by atoms with Crippen molar-refractivity contribution in [1.82, 2.24) is 5.43 Å². The summed E-state index contributed by atoms with van der Waals surface area (Å²) in [6.07, 6.45) is 1.44. The molecule has 2 aromatic carbocycles. The minimum absolute atomic E-state index is 0.273. The number of rotatable bonds is 8. The Morgan fingerprint density at radius 1 is 1.11 bits per heavy atom. The van der Waals surface area contributed by atoms with E-state index < -0.39 is 5.91 Å². The lowest BCUT2D eigenvalue weighted by Crippen LogP contribution is -2.24. The van der Waals surface area contributed by atoms with Crippen LogP contribution in [0.15, 0.2) is 41.5 Å². The maximum Gasteiger partial charge on any atom is 0.277 e. The number of hydrazone groups is 1. The molecule has 1 amide bonds. The summed E-state index contributed by atoms with van der Waals surface area (Å²) in [5, 5.41) is 12.9. The van der Waals surface area contributed by atoms with E-state index in [0.29, 0.717) is 34.1 Å². The molecular weight excluding hydrogens is 350 g/mol. The van der Waals surface area contributed by atoms with Crippen molar-refractivity contribution in [1.29, 1.82) is 5.26 Å². The minimum Gasteiger partial charge on any atom is -0.493 e. The Balaban J connectivity index is 1.98. The molecule has 0 aliphatic carbocycles. The number of hydrogen-bond acceptors (Lipinski definition) is 7. The Labute approximate surface area is 156 Å². The highest BCUT2D eigenvalue weighted by atomic mass is 16.5. The van der Waals surface area contributed by atoms with Crippen LogP contribution < -0.4 is 24.4 Å². The van der Waals surface area contributed by atoms with Crippen molar-refractivity contribution >= 4 is 12.1 Å². The second-order valence-electron chi connectivity index (χ2n) is 5.15. The van der Waals surface area contributed by atoms with Gasteiger partial charge < -0.3 is 18.9 Å². The average Bonchev–Trinajstić information content (AvgIpc) is 2.71. The van der Waals surface area contributed by atoms with Crippen molar-refractivity contribution in [3.63, 3.8) is 0 Å². The Morgan fingerprint density at radius 3 is 2.37 bits per heavy atom. The van der Waals surface area contributed by atoms with Crippen LogP contribution in [-0.4, -0.2) is 40.1 Å². The normalized spacial score (nSPS) is 10.1. The maximum absolute atomic E-state index is 11.9. The Kier molecular flexibility index (Phi) is 7.02. The van der Waals surface area contributed by atoms with Gasteiger partial charge in [0.05, 0.1) is 33.1 Å². The summed E-state index contributed by atoms with van der Waals surface area (Å²) in [6.45, 7) is -0.273. The molecule has 0 heterocycles. The fourth-order valence-electron chi connectivity index (χ4n) is 2.22. The van der Waals surface area contributed by atoms with Gasteiger partial charge in [-0.05, 0) is 24.3 Å². The molecule has 0 aliphatic heterocycles. The van der Waals surface area contributed by atoms with Gasteiger partial charge in [-0.15, -0.1) is 0 Å². The number of nitrogens with one attached hydrogen (secondary N) is 1. The molecule has 0 radical (unpaired) electrons. The lowest BCUT2D eigenvalue weighted by atomic mass is 10.2. The lowest BCUT2D eigenvalue weighted by molar-refractivity contribution is -0.123. The smallest absolute Gasteiger partial charge is 0.277 e. The molecule has 0 fully saturated rings. The highest BCUT2D eigenvalue weighted by molar-refractivity contribution is 5.84. The van der Waals surface area contributed by atoms with E-state index in [1.54, 1.807) is 36.4 Å². The van der Waals surface area contributed by atoms with Crippen molar-refractivity contribution in [2.75, 3.05) is 27.9 Å². The molecule has 8 nitrogen and oxygen atoms in total. The van der Waals surface area contributed by atoms with Gasteiger partial charge in [0.25, 0.3) is 5.91 Å². The molecule has 0 unspecified atom stereocenters. The molecule has 0 atom stereocenters. The van der Waals surface area contributed by atoms with E-state index in [1.807, 2.05) is 6.07 Å². The molecule has 2 rings (SSSR count). The summed E-state index contributed by atoms with van der Waals surface area (Å²) in [7, 11) is 4.53. The Bertz CT molecular complexity index is 849. The number of nitrogens with zero attached hydrogens (tertiary/aromatic N) is 2. The van der Waals surface area contributed by atoms with Crippen LogP contribution in [0.1, 0.15) is 11.1 Å². The van der Waals surface area contributed by atoms with Gasteiger partial charge in [-0.25, -0.2) is 5.43 Å². The van der Waals surface area contributed by atoms with Crippen LogP contribution in [0, 0.1) is 11.3 Å². The predicted molar refractivity (Wildman–Crippen MR) is 98.5 cm³/mol. The largest absolute Gasteiger partial charge is 0.493 e. The van der Waals surface area contributed by atoms with Crippen molar-refractivity contribution in [2.45, 2.75) is 0 Å². The number of amides is 1. The number of methoxy groups -OCH3 is 3. The van der Waals surface area contributed by atoms with Gasteiger partial charge in [-0.1, -0.05) is 12.1 Å². The summed E-state index contributed by atoms with van der Waals surface area (Å²) >= 11 is 0. The molecule has 1 N–H and O–H groups in total. The third kappa shape index (κ3) is 5.12. The fourth-order valence-corrected chi connectivity index (χ4v) is 2.22.